The molecule has 0 aliphatic carbocycles. The molecule has 9 heteroatoms. The Balaban J connectivity index is 1.49. The predicted octanol–water partition coefficient (Wildman–Crippen LogP) is 6.27. The number of hydrogen-bond donors (Lipinski definition) is 1. The first-order valence-electron chi connectivity index (χ1n) is 11.7. The van der Waals surface area contributed by atoms with Crippen molar-refractivity contribution in [1.82, 2.24) is 15.2 Å². The highest BCUT2D eigenvalue weighted by Crippen LogP contribution is 2.41. The number of halogens is 1. The van der Waals surface area contributed by atoms with E-state index in [-0.39, 0.29) is 5.82 Å². The van der Waals surface area contributed by atoms with Gasteiger partial charge in [-0.2, -0.15) is 4.98 Å². The number of nitrogens with one attached hydrogen (secondary N) is 1. The van der Waals surface area contributed by atoms with Gasteiger partial charge in [0.2, 0.25) is 11.0 Å². The highest BCUT2D eigenvalue weighted by Gasteiger charge is 2.27. The van der Waals surface area contributed by atoms with E-state index >= 15 is 0 Å². The molecule has 1 N–H and O–H groups in total. The van der Waals surface area contributed by atoms with E-state index in [4.69, 9.17) is 14.2 Å². The molecule has 5 rings (SSSR count). The first kappa shape index (κ1) is 23.9. The van der Waals surface area contributed by atoms with Crippen molar-refractivity contribution in [2.75, 3.05) is 18.5 Å². The zero-order valence-electron chi connectivity index (χ0n) is 19.9. The lowest BCUT2D eigenvalue weighted by atomic mass is 10.1. The number of thioether (sulfide) groups is 1. The first-order valence-corrected chi connectivity index (χ1v) is 12.7. The van der Waals surface area contributed by atoms with E-state index in [1.807, 2.05) is 56.3 Å². The van der Waals surface area contributed by atoms with Crippen LogP contribution < -0.4 is 19.5 Å². The average molecular weight is 505 g/mol. The Morgan fingerprint density at radius 2 is 1.72 bits per heavy atom. The molecule has 1 atom stereocenters. The quantitative estimate of drug-likeness (QED) is 0.281. The Labute approximate surface area is 213 Å². The van der Waals surface area contributed by atoms with Crippen LogP contribution in [0.25, 0.3) is 11.3 Å². The van der Waals surface area contributed by atoms with Crippen LogP contribution in [0.15, 0.2) is 71.9 Å². The summed E-state index contributed by atoms with van der Waals surface area (Å²) >= 11 is 1.30. The van der Waals surface area contributed by atoms with Gasteiger partial charge in [0.25, 0.3) is 0 Å². The molecule has 0 saturated carbocycles. The topological polar surface area (TPSA) is 78.4 Å². The van der Waals surface area contributed by atoms with E-state index in [2.05, 4.69) is 20.5 Å². The van der Waals surface area contributed by atoms with E-state index in [0.717, 1.165) is 16.8 Å². The lowest BCUT2D eigenvalue weighted by Crippen LogP contribution is -2.17. The summed E-state index contributed by atoms with van der Waals surface area (Å²) in [5.41, 5.74) is 3.62. The highest BCUT2D eigenvalue weighted by atomic mass is 32.2. The molecule has 0 saturated heterocycles. The number of anilines is 1. The fraction of sp³-hybridized carbons (Fsp3) is 0.222. The smallest absolute Gasteiger partial charge is 0.247 e. The molecule has 2 heterocycles. The molecule has 1 aromatic heterocycles. The number of nitrogens with zero attached hydrogens (tertiary/aromatic N) is 3. The van der Waals surface area contributed by atoms with Gasteiger partial charge in [0.05, 0.1) is 13.2 Å². The second-order valence-electron chi connectivity index (χ2n) is 7.89. The van der Waals surface area contributed by atoms with Crippen LogP contribution in [0.5, 0.6) is 17.4 Å². The molecule has 0 spiro atoms. The minimum atomic E-state index is -0.566. The van der Waals surface area contributed by atoms with Gasteiger partial charge in [-0.3, -0.25) is 0 Å². The molecule has 0 radical (unpaired) electrons. The van der Waals surface area contributed by atoms with Crippen LogP contribution in [-0.4, -0.2) is 28.4 Å². The molecule has 0 unspecified atom stereocenters. The van der Waals surface area contributed by atoms with E-state index in [1.165, 1.54) is 17.8 Å². The van der Waals surface area contributed by atoms with Crippen LogP contribution >= 0.6 is 11.8 Å². The van der Waals surface area contributed by atoms with Crippen LogP contribution in [0.1, 0.15) is 31.2 Å². The molecule has 0 fully saturated rings. The summed E-state index contributed by atoms with van der Waals surface area (Å²) in [6, 6.07) is 20.1. The highest BCUT2D eigenvalue weighted by molar-refractivity contribution is 7.98. The van der Waals surface area contributed by atoms with Crippen LogP contribution in [0, 0.1) is 5.82 Å². The van der Waals surface area contributed by atoms with Crippen molar-refractivity contribution in [2.24, 2.45) is 0 Å². The summed E-state index contributed by atoms with van der Waals surface area (Å²) in [5.74, 6) is 1.77. The number of benzene rings is 3. The number of fused-ring (bicyclic) bond motifs is 3. The second kappa shape index (κ2) is 10.8. The van der Waals surface area contributed by atoms with Gasteiger partial charge < -0.3 is 19.5 Å². The van der Waals surface area contributed by atoms with Crippen molar-refractivity contribution >= 4 is 17.4 Å². The number of rotatable bonds is 8. The lowest BCUT2D eigenvalue weighted by molar-refractivity contribution is 0.223. The molecule has 1 aliphatic rings. The molecule has 36 heavy (non-hydrogen) atoms. The van der Waals surface area contributed by atoms with Gasteiger partial charge >= 0.3 is 0 Å². The Hall–Kier alpha value is -3.85. The third kappa shape index (κ3) is 5.06. The van der Waals surface area contributed by atoms with Crippen LogP contribution in [0.3, 0.4) is 0 Å². The summed E-state index contributed by atoms with van der Waals surface area (Å²) in [6.07, 6.45) is -0.566. The third-order valence-electron chi connectivity index (χ3n) is 5.52. The molecule has 3 aromatic carbocycles. The van der Waals surface area contributed by atoms with Gasteiger partial charge in [-0.15, -0.1) is 10.2 Å². The minimum Gasteiger partial charge on any atom is -0.490 e. The SMILES string of the molecule is CCOc1ccc([C@H]2Nc3ccccc3-c3nnc(SCc4ccccc4F)nc3O2)cc1OCC. The molecular weight excluding hydrogens is 479 g/mol. The van der Waals surface area contributed by atoms with Crippen molar-refractivity contribution in [3.05, 3.63) is 83.7 Å². The van der Waals surface area contributed by atoms with E-state index in [9.17, 15) is 4.39 Å². The molecule has 4 aromatic rings. The zero-order chi connectivity index (χ0) is 24.9. The zero-order valence-corrected chi connectivity index (χ0v) is 20.7. The summed E-state index contributed by atoms with van der Waals surface area (Å²) in [5, 5.41) is 12.6. The van der Waals surface area contributed by atoms with E-state index in [0.29, 0.717) is 52.8 Å². The molecule has 184 valence electrons. The normalized spacial score (nSPS) is 14.0. The predicted molar refractivity (Wildman–Crippen MR) is 137 cm³/mol. The first-order chi connectivity index (χ1) is 17.7. The number of ether oxygens (including phenoxy) is 3. The molecule has 0 amide bonds. The Kier molecular flexibility index (Phi) is 7.18. The van der Waals surface area contributed by atoms with Gasteiger partial charge in [0.1, 0.15) is 5.82 Å². The number of hydrogen-bond acceptors (Lipinski definition) is 8. The van der Waals surface area contributed by atoms with Crippen LogP contribution in [-0.2, 0) is 5.75 Å². The van der Waals surface area contributed by atoms with Crippen molar-refractivity contribution in [3.8, 4) is 28.6 Å². The largest absolute Gasteiger partial charge is 0.490 e. The maximum Gasteiger partial charge on any atom is 0.247 e. The standard InChI is InChI=1S/C27H25FN4O3S/c1-3-33-22-14-13-17(15-23(22)34-4-2)25-29-21-12-8-6-10-19(21)24-26(35-25)30-27(32-31-24)36-16-18-9-5-7-11-20(18)28/h5-15,25,29H,3-4,16H2,1-2H3/t25-/m0/s1. The van der Waals surface area contributed by atoms with E-state index < -0.39 is 6.23 Å². The van der Waals surface area contributed by atoms with Gasteiger partial charge in [0, 0.05) is 22.6 Å². The van der Waals surface area contributed by atoms with Gasteiger partial charge in [-0.05, 0) is 49.7 Å². The molecular formula is C27H25FN4O3S. The maximum absolute atomic E-state index is 14.1. The summed E-state index contributed by atoms with van der Waals surface area (Å²) in [4.78, 5) is 4.65. The Morgan fingerprint density at radius 3 is 2.56 bits per heavy atom. The number of aromatic nitrogens is 3. The fourth-order valence-corrected chi connectivity index (χ4v) is 4.61. The fourth-order valence-electron chi connectivity index (χ4n) is 3.85. The minimum absolute atomic E-state index is 0.261. The summed E-state index contributed by atoms with van der Waals surface area (Å²) < 4.78 is 32.0. The van der Waals surface area contributed by atoms with Gasteiger partial charge in [0.15, 0.2) is 23.4 Å². The second-order valence-corrected chi connectivity index (χ2v) is 8.83. The lowest BCUT2D eigenvalue weighted by Gasteiger charge is -2.21. The van der Waals surface area contributed by atoms with Crippen LogP contribution in [0.2, 0.25) is 0 Å². The molecule has 1 aliphatic heterocycles. The summed E-state index contributed by atoms with van der Waals surface area (Å²) in [6.45, 7) is 4.91. The third-order valence-corrected chi connectivity index (χ3v) is 6.40. The van der Waals surface area contributed by atoms with Crippen LogP contribution in [0.4, 0.5) is 10.1 Å². The number of para-hydroxylation sites is 1. The Bertz CT molecular complexity index is 1370. The maximum atomic E-state index is 14.1. The molecule has 0 bridgehead atoms. The summed E-state index contributed by atoms with van der Waals surface area (Å²) in [7, 11) is 0. The van der Waals surface area contributed by atoms with Gasteiger partial charge in [-0.25, -0.2) is 4.39 Å². The van der Waals surface area contributed by atoms with Crippen molar-refractivity contribution in [1.29, 1.82) is 0 Å². The average Bonchev–Trinajstić information content (AvgIpc) is 3.06. The molecule has 7 nitrogen and oxygen atoms in total. The van der Waals surface area contributed by atoms with Gasteiger partial charge in [-0.1, -0.05) is 48.2 Å². The van der Waals surface area contributed by atoms with E-state index in [1.54, 1.807) is 18.2 Å². The van der Waals surface area contributed by atoms with Crippen molar-refractivity contribution in [3.63, 3.8) is 0 Å². The Morgan fingerprint density at radius 1 is 0.944 bits per heavy atom. The van der Waals surface area contributed by atoms with Crippen molar-refractivity contribution < 1.29 is 18.6 Å². The monoisotopic (exact) mass is 504 g/mol. The van der Waals surface area contributed by atoms with Crippen molar-refractivity contribution in [2.45, 2.75) is 31.0 Å².